The molecule has 216 valence electrons. The van der Waals surface area contributed by atoms with Crippen LogP contribution in [0.1, 0.15) is 75.9 Å². The predicted molar refractivity (Wildman–Crippen MR) is 157 cm³/mol. The van der Waals surface area contributed by atoms with E-state index in [-0.39, 0.29) is 16.0 Å². The molecular weight excluding hydrogens is 527 g/mol. The molecule has 0 saturated carbocycles. The van der Waals surface area contributed by atoms with Gasteiger partial charge in [0.05, 0.1) is 17.2 Å². The molecule has 1 aliphatic rings. The first-order chi connectivity index (χ1) is 19.0. The number of hydrogen-bond donors (Lipinski definition) is 1. The maximum Gasteiger partial charge on any atom is 0.261 e. The van der Waals surface area contributed by atoms with Crippen molar-refractivity contribution in [1.82, 2.24) is 14.9 Å². The van der Waals surface area contributed by atoms with Gasteiger partial charge in [-0.3, -0.25) is 9.62 Å². The second-order valence-electron chi connectivity index (χ2n) is 11.5. The van der Waals surface area contributed by atoms with Gasteiger partial charge in [0.2, 0.25) is 0 Å². The van der Waals surface area contributed by atoms with Crippen molar-refractivity contribution in [2.45, 2.75) is 83.1 Å². The van der Waals surface area contributed by atoms with E-state index >= 15 is 0 Å². The predicted octanol–water partition coefficient (Wildman–Crippen LogP) is 6.27. The molecule has 0 atom stereocenters. The molecular formula is C31H41FN4O3S. The summed E-state index contributed by atoms with van der Waals surface area (Å²) < 4.78 is 48.8. The topological polar surface area (TPSA) is 84.4 Å². The van der Waals surface area contributed by atoms with Crippen LogP contribution in [0.15, 0.2) is 53.7 Å². The van der Waals surface area contributed by atoms with Crippen LogP contribution in [-0.2, 0) is 34.8 Å². The Morgan fingerprint density at radius 1 is 1.02 bits per heavy atom. The molecule has 0 radical (unpaired) electrons. The van der Waals surface area contributed by atoms with Crippen molar-refractivity contribution in [1.29, 1.82) is 0 Å². The lowest BCUT2D eigenvalue weighted by Crippen LogP contribution is -2.32. The van der Waals surface area contributed by atoms with Crippen LogP contribution < -0.4 is 9.46 Å². The van der Waals surface area contributed by atoms with Crippen molar-refractivity contribution in [3.8, 4) is 5.75 Å². The normalized spacial score (nSPS) is 14.1. The lowest BCUT2D eigenvalue weighted by Gasteiger charge is -2.29. The van der Waals surface area contributed by atoms with Crippen LogP contribution in [0.3, 0.4) is 0 Å². The first kappa shape index (κ1) is 29.9. The van der Waals surface area contributed by atoms with Gasteiger partial charge in [-0.2, -0.15) is 0 Å². The van der Waals surface area contributed by atoms with Gasteiger partial charge in [-0.05, 0) is 60.2 Å². The van der Waals surface area contributed by atoms with Gasteiger partial charge in [0.25, 0.3) is 10.0 Å². The van der Waals surface area contributed by atoms with Crippen LogP contribution in [0.2, 0.25) is 0 Å². The summed E-state index contributed by atoms with van der Waals surface area (Å²) >= 11 is 0. The Morgan fingerprint density at radius 2 is 1.80 bits per heavy atom. The largest absolute Gasteiger partial charge is 0.493 e. The zero-order chi connectivity index (χ0) is 28.8. The molecule has 1 N–H and O–H groups in total. The first-order valence-electron chi connectivity index (χ1n) is 14.2. The zero-order valence-electron chi connectivity index (χ0n) is 24.0. The van der Waals surface area contributed by atoms with Crippen molar-refractivity contribution in [3.63, 3.8) is 0 Å². The Kier molecular flexibility index (Phi) is 9.79. The van der Waals surface area contributed by atoms with E-state index in [1.165, 1.54) is 12.1 Å². The third kappa shape index (κ3) is 8.01. The number of nitrogens with zero attached hydrogens (tertiary/aromatic N) is 3. The molecule has 3 aromatic rings. The van der Waals surface area contributed by atoms with Crippen LogP contribution in [0.4, 0.5) is 10.1 Å². The van der Waals surface area contributed by atoms with Crippen molar-refractivity contribution in [2.24, 2.45) is 0 Å². The fraction of sp³-hybridized carbons (Fsp3) is 0.484. The molecule has 0 amide bonds. The highest BCUT2D eigenvalue weighted by molar-refractivity contribution is 7.92. The highest BCUT2D eigenvalue weighted by atomic mass is 32.2. The third-order valence-electron chi connectivity index (χ3n) is 7.12. The molecule has 40 heavy (non-hydrogen) atoms. The van der Waals surface area contributed by atoms with Gasteiger partial charge in [-0.15, -0.1) is 0 Å². The smallest absolute Gasteiger partial charge is 0.261 e. The Hall–Kier alpha value is -3.04. The summed E-state index contributed by atoms with van der Waals surface area (Å²) in [5, 5.41) is 0. The molecule has 0 aliphatic carbocycles. The monoisotopic (exact) mass is 568 g/mol. The van der Waals surface area contributed by atoms with Gasteiger partial charge in [0.1, 0.15) is 11.6 Å². The number of benzene rings is 2. The highest BCUT2D eigenvalue weighted by Gasteiger charge is 2.22. The van der Waals surface area contributed by atoms with Crippen LogP contribution in [0.25, 0.3) is 0 Å². The van der Waals surface area contributed by atoms with E-state index in [0.29, 0.717) is 12.4 Å². The molecule has 4 rings (SSSR count). The summed E-state index contributed by atoms with van der Waals surface area (Å²) in [6, 6.07) is 9.39. The van der Waals surface area contributed by atoms with Crippen LogP contribution in [-0.4, -0.2) is 43.0 Å². The van der Waals surface area contributed by atoms with Gasteiger partial charge >= 0.3 is 0 Å². The minimum Gasteiger partial charge on any atom is -0.493 e. The van der Waals surface area contributed by atoms with E-state index in [1.807, 2.05) is 18.5 Å². The number of sulfonamides is 1. The zero-order valence-corrected chi connectivity index (χ0v) is 24.9. The molecule has 0 fully saturated rings. The average molecular weight is 569 g/mol. The minimum atomic E-state index is -3.94. The molecule has 0 unspecified atom stereocenters. The number of rotatable bonds is 12. The number of halogens is 1. The number of hydrogen-bond acceptors (Lipinski definition) is 6. The fourth-order valence-corrected chi connectivity index (χ4v) is 5.81. The number of nitrogens with one attached hydrogen (secondary N) is 1. The van der Waals surface area contributed by atoms with Crippen molar-refractivity contribution in [3.05, 3.63) is 77.1 Å². The number of aromatic nitrogens is 2. The van der Waals surface area contributed by atoms with Gasteiger partial charge < -0.3 is 4.74 Å². The van der Waals surface area contributed by atoms with Crippen molar-refractivity contribution >= 4 is 15.7 Å². The average Bonchev–Trinajstić information content (AvgIpc) is 2.92. The molecule has 1 aliphatic heterocycles. The number of fused-ring (bicyclic) bond motifs is 1. The van der Waals surface area contributed by atoms with Crippen molar-refractivity contribution < 1.29 is 17.5 Å². The Labute approximate surface area is 238 Å². The molecule has 9 heteroatoms. The Morgan fingerprint density at radius 3 is 2.50 bits per heavy atom. The van der Waals surface area contributed by atoms with E-state index in [4.69, 9.17) is 4.74 Å². The maximum atomic E-state index is 14.7. The van der Waals surface area contributed by atoms with Gasteiger partial charge in [-0.25, -0.2) is 22.8 Å². The fourth-order valence-electron chi connectivity index (χ4n) is 4.70. The number of ether oxygens (including phenoxy) is 1. The van der Waals surface area contributed by atoms with E-state index in [1.54, 1.807) is 18.2 Å². The first-order valence-corrected chi connectivity index (χ1v) is 15.6. The van der Waals surface area contributed by atoms with E-state index in [0.717, 1.165) is 80.7 Å². The summed E-state index contributed by atoms with van der Waals surface area (Å²) in [5.74, 6) is 0.566. The van der Waals surface area contributed by atoms with E-state index in [2.05, 4.69) is 47.3 Å². The highest BCUT2D eigenvalue weighted by Crippen LogP contribution is 2.27. The molecule has 7 nitrogen and oxygen atoms in total. The SMILES string of the molecule is CCCCCCOc1ccc(NS(=O)(=O)c2ccc3c(c2)CCN(CCc2cnc(C(C)(C)C)nc2)C3)c(F)c1. The second-order valence-corrected chi connectivity index (χ2v) is 13.2. The number of anilines is 1. The quantitative estimate of drug-likeness (QED) is 0.259. The Bertz CT molecular complexity index is 1390. The van der Waals surface area contributed by atoms with Crippen LogP contribution >= 0.6 is 0 Å². The minimum absolute atomic E-state index is 0.0715. The lowest BCUT2D eigenvalue weighted by atomic mass is 9.95. The van der Waals surface area contributed by atoms with Gasteiger partial charge in [-0.1, -0.05) is 53.0 Å². The van der Waals surface area contributed by atoms with Gasteiger partial charge in [0, 0.05) is 43.5 Å². The number of unbranched alkanes of at least 4 members (excludes halogenated alkanes) is 3. The maximum absolute atomic E-state index is 14.7. The Balaban J connectivity index is 1.33. The summed E-state index contributed by atoms with van der Waals surface area (Å²) in [6.45, 7) is 11.4. The molecule has 2 heterocycles. The molecule has 0 saturated heterocycles. The van der Waals surface area contributed by atoms with E-state index < -0.39 is 15.8 Å². The van der Waals surface area contributed by atoms with Gasteiger partial charge in [0.15, 0.2) is 5.82 Å². The second kappa shape index (κ2) is 13.1. The summed E-state index contributed by atoms with van der Waals surface area (Å²) in [5.41, 5.74) is 3.05. The van der Waals surface area contributed by atoms with Crippen LogP contribution in [0, 0.1) is 5.82 Å². The summed E-state index contributed by atoms with van der Waals surface area (Å²) in [4.78, 5) is 11.5. The van der Waals surface area contributed by atoms with E-state index in [9.17, 15) is 12.8 Å². The molecule has 2 aromatic carbocycles. The summed E-state index contributed by atoms with van der Waals surface area (Å²) in [7, 11) is -3.94. The van der Waals surface area contributed by atoms with Crippen molar-refractivity contribution in [2.75, 3.05) is 24.4 Å². The molecule has 0 spiro atoms. The molecule has 1 aromatic heterocycles. The lowest BCUT2D eigenvalue weighted by molar-refractivity contribution is 0.257. The van der Waals surface area contributed by atoms with Crippen LogP contribution in [0.5, 0.6) is 5.75 Å². The third-order valence-corrected chi connectivity index (χ3v) is 8.49. The molecule has 0 bridgehead atoms. The summed E-state index contributed by atoms with van der Waals surface area (Å²) in [6.07, 6.45) is 9.66. The standard InChI is InChI=1S/C31H41FN4O3S/c1-5-6-7-8-17-39-26-10-12-29(28(32)19-26)35-40(37,38)27-11-9-25-22-36(16-14-24(25)18-27)15-13-23-20-33-30(34-21-23)31(2,3)4/h9-12,18-21,35H,5-8,13-17,22H2,1-4H3.